The van der Waals surface area contributed by atoms with Gasteiger partial charge in [-0.2, -0.15) is 0 Å². The van der Waals surface area contributed by atoms with Crippen molar-refractivity contribution in [2.24, 2.45) is 5.92 Å². The van der Waals surface area contributed by atoms with Crippen molar-refractivity contribution in [2.45, 2.75) is 31.8 Å². The molecule has 0 radical (unpaired) electrons. The van der Waals surface area contributed by atoms with Crippen molar-refractivity contribution in [1.29, 1.82) is 0 Å². The molecule has 4 nitrogen and oxygen atoms in total. The Hall–Kier alpha value is -1.26. The second-order valence-electron chi connectivity index (χ2n) is 6.21. The highest BCUT2D eigenvalue weighted by Crippen LogP contribution is 2.35. The van der Waals surface area contributed by atoms with Gasteiger partial charge in [-0.15, -0.1) is 0 Å². The van der Waals surface area contributed by atoms with Crippen molar-refractivity contribution >= 4 is 0 Å². The third kappa shape index (κ3) is 2.87. The van der Waals surface area contributed by atoms with E-state index in [0.717, 1.165) is 24.0 Å². The van der Waals surface area contributed by atoms with Crippen molar-refractivity contribution in [3.63, 3.8) is 0 Å². The topological polar surface area (TPSA) is 33.7 Å². The SMILES string of the molecule is COc1ccc(C(C)N2C[C@@H]3CCCN[C@@H]3C2)cc1OC. The Morgan fingerprint density at radius 2 is 2.00 bits per heavy atom. The third-order valence-electron chi connectivity index (χ3n) is 5.07. The van der Waals surface area contributed by atoms with Crippen molar-refractivity contribution in [3.05, 3.63) is 23.8 Å². The number of methoxy groups -OCH3 is 2. The molecule has 2 saturated heterocycles. The van der Waals surface area contributed by atoms with Gasteiger partial charge in [-0.1, -0.05) is 6.07 Å². The van der Waals surface area contributed by atoms with Gasteiger partial charge in [-0.25, -0.2) is 0 Å². The highest BCUT2D eigenvalue weighted by Gasteiger charge is 2.36. The molecule has 4 heteroatoms. The van der Waals surface area contributed by atoms with Crippen molar-refractivity contribution in [3.8, 4) is 11.5 Å². The van der Waals surface area contributed by atoms with Crippen LogP contribution in [0.15, 0.2) is 18.2 Å². The van der Waals surface area contributed by atoms with Gasteiger partial charge in [0, 0.05) is 25.2 Å². The van der Waals surface area contributed by atoms with E-state index < -0.39 is 0 Å². The predicted octanol–water partition coefficient (Wildman–Crippen LogP) is 2.45. The standard InChI is InChI=1S/C17H26N2O2/c1-12(13-6-7-16(20-2)17(9-13)21-3)19-10-14-5-4-8-18-15(14)11-19/h6-7,9,12,14-15,18H,4-5,8,10-11H2,1-3H3/t12?,14-,15+/m0/s1. The Bertz CT molecular complexity index is 478. The molecule has 0 amide bonds. The van der Waals surface area contributed by atoms with Crippen LogP contribution in [-0.4, -0.2) is 44.8 Å². The molecule has 0 saturated carbocycles. The minimum absolute atomic E-state index is 0.414. The lowest BCUT2D eigenvalue weighted by molar-refractivity contribution is 0.250. The number of piperidine rings is 1. The van der Waals surface area contributed by atoms with Gasteiger partial charge in [0.1, 0.15) is 0 Å². The summed E-state index contributed by atoms with van der Waals surface area (Å²) in [6, 6.07) is 7.37. The van der Waals surface area contributed by atoms with Crippen LogP contribution in [0.25, 0.3) is 0 Å². The van der Waals surface area contributed by atoms with Gasteiger partial charge in [-0.05, 0) is 49.9 Å². The molecule has 2 heterocycles. The average Bonchev–Trinajstić information content (AvgIpc) is 2.97. The highest BCUT2D eigenvalue weighted by molar-refractivity contribution is 5.43. The summed E-state index contributed by atoms with van der Waals surface area (Å²) in [5.74, 6) is 2.43. The zero-order valence-electron chi connectivity index (χ0n) is 13.3. The first-order valence-electron chi connectivity index (χ1n) is 7.92. The molecule has 2 aliphatic rings. The van der Waals surface area contributed by atoms with Gasteiger partial charge in [0.05, 0.1) is 14.2 Å². The predicted molar refractivity (Wildman–Crippen MR) is 84.0 cm³/mol. The maximum atomic E-state index is 5.43. The lowest BCUT2D eigenvalue weighted by atomic mass is 9.94. The zero-order valence-corrected chi connectivity index (χ0v) is 13.3. The average molecular weight is 290 g/mol. The summed E-state index contributed by atoms with van der Waals surface area (Å²) in [5.41, 5.74) is 1.30. The molecule has 21 heavy (non-hydrogen) atoms. The van der Waals surface area contributed by atoms with Crippen LogP contribution in [0, 0.1) is 5.92 Å². The Labute approximate surface area is 127 Å². The van der Waals surface area contributed by atoms with Gasteiger partial charge in [0.2, 0.25) is 0 Å². The van der Waals surface area contributed by atoms with Gasteiger partial charge < -0.3 is 14.8 Å². The van der Waals surface area contributed by atoms with Crippen LogP contribution in [-0.2, 0) is 0 Å². The largest absolute Gasteiger partial charge is 0.493 e. The van der Waals surface area contributed by atoms with Crippen LogP contribution in [0.1, 0.15) is 31.4 Å². The van der Waals surface area contributed by atoms with E-state index in [2.05, 4.69) is 29.3 Å². The second kappa shape index (κ2) is 6.24. The smallest absolute Gasteiger partial charge is 0.161 e. The van der Waals surface area contributed by atoms with Crippen LogP contribution in [0.3, 0.4) is 0 Å². The lowest BCUT2D eigenvalue weighted by Crippen LogP contribution is -2.40. The fraction of sp³-hybridized carbons (Fsp3) is 0.647. The molecule has 0 bridgehead atoms. The van der Waals surface area contributed by atoms with Crippen molar-refractivity contribution in [2.75, 3.05) is 33.9 Å². The minimum Gasteiger partial charge on any atom is -0.493 e. The fourth-order valence-corrected chi connectivity index (χ4v) is 3.72. The Morgan fingerprint density at radius 1 is 1.19 bits per heavy atom. The van der Waals surface area contributed by atoms with Crippen LogP contribution in [0.4, 0.5) is 0 Å². The number of rotatable bonds is 4. The number of hydrogen-bond acceptors (Lipinski definition) is 4. The first-order chi connectivity index (χ1) is 10.2. The van der Waals surface area contributed by atoms with Gasteiger partial charge >= 0.3 is 0 Å². The molecule has 2 aliphatic heterocycles. The normalized spacial score (nSPS) is 27.2. The van der Waals surface area contributed by atoms with Gasteiger partial charge in [0.25, 0.3) is 0 Å². The van der Waals surface area contributed by atoms with E-state index in [-0.39, 0.29) is 0 Å². The number of nitrogens with zero attached hydrogens (tertiary/aromatic N) is 1. The maximum Gasteiger partial charge on any atom is 0.161 e. The molecule has 2 fully saturated rings. The molecular formula is C17H26N2O2. The summed E-state index contributed by atoms with van der Waals surface area (Å²) in [7, 11) is 3.37. The second-order valence-corrected chi connectivity index (χ2v) is 6.21. The van der Waals surface area contributed by atoms with Crippen LogP contribution >= 0.6 is 0 Å². The van der Waals surface area contributed by atoms with Crippen LogP contribution < -0.4 is 14.8 Å². The summed E-state index contributed by atoms with van der Waals surface area (Å²) < 4.78 is 10.8. The first-order valence-corrected chi connectivity index (χ1v) is 7.92. The molecule has 3 atom stereocenters. The molecule has 1 aromatic carbocycles. The van der Waals surface area contributed by atoms with E-state index in [0.29, 0.717) is 12.1 Å². The summed E-state index contributed by atoms with van der Waals surface area (Å²) in [6.45, 7) is 5.83. The molecule has 3 rings (SSSR count). The van der Waals surface area contributed by atoms with Gasteiger partial charge in [-0.3, -0.25) is 4.90 Å². The van der Waals surface area contributed by atoms with E-state index in [1.807, 2.05) is 6.07 Å². The minimum atomic E-state index is 0.414. The van der Waals surface area contributed by atoms with E-state index in [9.17, 15) is 0 Å². The number of hydrogen-bond donors (Lipinski definition) is 1. The molecule has 1 unspecified atom stereocenters. The summed E-state index contributed by atoms with van der Waals surface area (Å²) >= 11 is 0. The molecule has 1 aromatic rings. The molecule has 116 valence electrons. The Morgan fingerprint density at radius 3 is 2.71 bits per heavy atom. The molecule has 1 N–H and O–H groups in total. The van der Waals surface area contributed by atoms with E-state index in [1.165, 1.54) is 31.5 Å². The Balaban J connectivity index is 1.74. The summed E-state index contributed by atoms with van der Waals surface area (Å²) in [4.78, 5) is 2.59. The first kappa shape index (κ1) is 14.7. The summed E-state index contributed by atoms with van der Waals surface area (Å²) in [5, 5.41) is 3.67. The monoisotopic (exact) mass is 290 g/mol. The lowest BCUT2D eigenvalue weighted by Gasteiger charge is -2.25. The van der Waals surface area contributed by atoms with Crippen LogP contribution in [0.2, 0.25) is 0 Å². The van der Waals surface area contributed by atoms with Gasteiger partial charge in [0.15, 0.2) is 11.5 Å². The molecule has 0 spiro atoms. The van der Waals surface area contributed by atoms with E-state index in [4.69, 9.17) is 9.47 Å². The third-order valence-corrected chi connectivity index (χ3v) is 5.07. The zero-order chi connectivity index (χ0) is 14.8. The van der Waals surface area contributed by atoms with Crippen molar-refractivity contribution < 1.29 is 9.47 Å². The van der Waals surface area contributed by atoms with E-state index in [1.54, 1.807) is 14.2 Å². The van der Waals surface area contributed by atoms with Crippen LogP contribution in [0.5, 0.6) is 11.5 Å². The number of benzene rings is 1. The van der Waals surface area contributed by atoms with Crippen molar-refractivity contribution in [1.82, 2.24) is 10.2 Å². The van der Waals surface area contributed by atoms with E-state index >= 15 is 0 Å². The number of ether oxygens (including phenoxy) is 2. The number of nitrogens with one attached hydrogen (secondary N) is 1. The fourth-order valence-electron chi connectivity index (χ4n) is 3.72. The quantitative estimate of drug-likeness (QED) is 0.923. The maximum absolute atomic E-state index is 5.43. The number of likely N-dealkylation sites (tertiary alicyclic amines) is 1. The summed E-state index contributed by atoms with van der Waals surface area (Å²) in [6.07, 6.45) is 2.69. The Kier molecular flexibility index (Phi) is 4.36. The molecule has 0 aromatic heterocycles. The number of fused-ring (bicyclic) bond motifs is 1. The molecule has 0 aliphatic carbocycles. The highest BCUT2D eigenvalue weighted by atomic mass is 16.5. The molecular weight excluding hydrogens is 264 g/mol.